The molecule has 0 saturated carbocycles. The minimum atomic E-state index is -0.153. The first-order chi connectivity index (χ1) is 6.72. The summed E-state index contributed by atoms with van der Waals surface area (Å²) in [5, 5.41) is 19.6. The van der Waals surface area contributed by atoms with Crippen LogP contribution in [0, 0.1) is 10.8 Å². The van der Waals surface area contributed by atoms with Crippen molar-refractivity contribution in [1.82, 2.24) is 10.2 Å². The SMILES string of the molecule is N=C(NCl)NC(=N)Nc1ccccc1. The van der Waals surface area contributed by atoms with Gasteiger partial charge in [0.1, 0.15) is 0 Å². The van der Waals surface area contributed by atoms with E-state index in [1.54, 1.807) is 0 Å². The smallest absolute Gasteiger partial charge is 0.210 e. The van der Waals surface area contributed by atoms with Crippen LogP contribution in [0.3, 0.4) is 0 Å². The van der Waals surface area contributed by atoms with Crippen molar-refractivity contribution in [3.63, 3.8) is 0 Å². The summed E-state index contributed by atoms with van der Waals surface area (Å²) in [7, 11) is 0. The summed E-state index contributed by atoms with van der Waals surface area (Å²) in [5.41, 5.74) is 0.771. The van der Waals surface area contributed by atoms with Gasteiger partial charge in [0.05, 0.1) is 0 Å². The zero-order valence-electron chi connectivity index (χ0n) is 7.26. The Balaban J connectivity index is 2.46. The van der Waals surface area contributed by atoms with Crippen molar-refractivity contribution in [3.05, 3.63) is 30.3 Å². The molecule has 0 aliphatic heterocycles. The van der Waals surface area contributed by atoms with Gasteiger partial charge in [-0.05, 0) is 12.1 Å². The van der Waals surface area contributed by atoms with Crippen LogP contribution in [0.5, 0.6) is 0 Å². The highest BCUT2D eigenvalue weighted by molar-refractivity contribution is 6.23. The fraction of sp³-hybridized carbons (Fsp3) is 0. The topological polar surface area (TPSA) is 83.8 Å². The quantitative estimate of drug-likeness (QED) is 0.276. The third kappa shape index (κ3) is 3.32. The number of nitrogens with one attached hydrogen (secondary N) is 5. The van der Waals surface area contributed by atoms with E-state index in [0.29, 0.717) is 0 Å². The second-order valence-electron chi connectivity index (χ2n) is 2.46. The lowest BCUT2D eigenvalue weighted by Gasteiger charge is -2.09. The zero-order chi connectivity index (χ0) is 10.4. The summed E-state index contributed by atoms with van der Waals surface area (Å²) < 4.78 is 0. The van der Waals surface area contributed by atoms with Crippen molar-refractivity contribution >= 4 is 29.4 Å². The summed E-state index contributed by atoms with van der Waals surface area (Å²) >= 11 is 5.14. The largest absolute Gasteiger partial charge is 0.326 e. The molecule has 1 aromatic rings. The van der Waals surface area contributed by atoms with Gasteiger partial charge in [-0.1, -0.05) is 18.2 Å². The van der Waals surface area contributed by atoms with Gasteiger partial charge in [0, 0.05) is 17.5 Å². The molecule has 0 saturated heterocycles. The molecule has 74 valence electrons. The van der Waals surface area contributed by atoms with E-state index in [9.17, 15) is 0 Å². The summed E-state index contributed by atoms with van der Waals surface area (Å²) in [6.07, 6.45) is 0. The van der Waals surface area contributed by atoms with Gasteiger partial charge >= 0.3 is 0 Å². The Morgan fingerprint density at radius 3 is 2.29 bits per heavy atom. The average Bonchev–Trinajstić information content (AvgIpc) is 2.19. The van der Waals surface area contributed by atoms with Gasteiger partial charge in [0.2, 0.25) is 5.96 Å². The maximum Gasteiger partial charge on any atom is 0.210 e. The molecule has 0 atom stereocenters. The normalized spacial score (nSPS) is 8.93. The predicted octanol–water partition coefficient (Wildman–Crippen LogP) is 1.30. The zero-order valence-corrected chi connectivity index (χ0v) is 8.02. The van der Waals surface area contributed by atoms with Gasteiger partial charge in [0.25, 0.3) is 0 Å². The van der Waals surface area contributed by atoms with Crippen molar-refractivity contribution in [3.8, 4) is 0 Å². The highest BCUT2D eigenvalue weighted by Crippen LogP contribution is 2.03. The molecule has 0 unspecified atom stereocenters. The molecule has 0 aliphatic carbocycles. The average molecular weight is 212 g/mol. The van der Waals surface area contributed by atoms with E-state index in [-0.39, 0.29) is 11.9 Å². The molecule has 0 fully saturated rings. The molecule has 0 bridgehead atoms. The number of halogens is 1. The van der Waals surface area contributed by atoms with Gasteiger partial charge in [0.15, 0.2) is 5.96 Å². The highest BCUT2D eigenvalue weighted by Gasteiger charge is 1.98. The first kappa shape index (κ1) is 10.3. The molecule has 1 rings (SSSR count). The van der Waals surface area contributed by atoms with Gasteiger partial charge < -0.3 is 5.32 Å². The predicted molar refractivity (Wildman–Crippen MR) is 57.6 cm³/mol. The molecule has 0 heterocycles. The molecular weight excluding hydrogens is 202 g/mol. The van der Waals surface area contributed by atoms with Crippen LogP contribution in [0.15, 0.2) is 30.3 Å². The van der Waals surface area contributed by atoms with Crippen molar-refractivity contribution in [2.24, 2.45) is 0 Å². The monoisotopic (exact) mass is 211 g/mol. The number of rotatable bonds is 1. The molecule has 0 radical (unpaired) electrons. The van der Waals surface area contributed by atoms with Crippen LogP contribution in [-0.2, 0) is 0 Å². The van der Waals surface area contributed by atoms with E-state index in [4.69, 9.17) is 22.6 Å². The van der Waals surface area contributed by atoms with E-state index in [1.807, 2.05) is 35.2 Å². The first-order valence-electron chi connectivity index (χ1n) is 3.85. The molecule has 0 aromatic heterocycles. The molecular formula is C8H10ClN5. The maximum atomic E-state index is 7.40. The number of hydrogen-bond donors (Lipinski definition) is 5. The molecule has 5 nitrogen and oxygen atoms in total. The second-order valence-corrected chi connectivity index (χ2v) is 2.65. The number of para-hydroxylation sites is 1. The Bertz CT molecular complexity index is 324. The van der Waals surface area contributed by atoms with Crippen LogP contribution < -0.4 is 15.5 Å². The van der Waals surface area contributed by atoms with Crippen LogP contribution in [-0.4, -0.2) is 11.9 Å². The summed E-state index contributed by atoms with van der Waals surface area (Å²) in [5.74, 6) is -0.172. The fourth-order valence-electron chi connectivity index (χ4n) is 0.846. The molecule has 1 aromatic carbocycles. The Morgan fingerprint density at radius 2 is 1.71 bits per heavy atom. The third-order valence-electron chi connectivity index (χ3n) is 1.39. The summed E-state index contributed by atoms with van der Waals surface area (Å²) in [6.45, 7) is 0. The molecule has 5 N–H and O–H groups in total. The molecule has 0 spiro atoms. The fourth-order valence-corrected chi connectivity index (χ4v) is 0.893. The maximum absolute atomic E-state index is 7.40. The first-order valence-corrected chi connectivity index (χ1v) is 4.23. The lowest BCUT2D eigenvalue weighted by atomic mass is 10.3. The van der Waals surface area contributed by atoms with Crippen LogP contribution in [0.1, 0.15) is 0 Å². The lowest BCUT2D eigenvalue weighted by Crippen LogP contribution is -2.39. The van der Waals surface area contributed by atoms with Gasteiger partial charge in [-0.15, -0.1) is 0 Å². The standard InChI is InChI=1S/C8H10ClN5/c9-14-8(11)13-7(10)12-6-4-2-1-3-5-6/h1-5H,(H5,10,11,12,13,14). The van der Waals surface area contributed by atoms with E-state index in [2.05, 4.69) is 10.6 Å². The summed E-state index contributed by atoms with van der Waals surface area (Å²) in [4.78, 5) is 2.05. The Labute approximate surface area is 86.6 Å². The summed E-state index contributed by atoms with van der Waals surface area (Å²) in [6, 6.07) is 9.20. The number of guanidine groups is 2. The van der Waals surface area contributed by atoms with Crippen molar-refractivity contribution in [2.75, 3.05) is 5.32 Å². The van der Waals surface area contributed by atoms with Gasteiger partial charge in [-0.25, -0.2) is 0 Å². The van der Waals surface area contributed by atoms with E-state index < -0.39 is 0 Å². The van der Waals surface area contributed by atoms with Crippen LogP contribution in [0.2, 0.25) is 0 Å². The minimum Gasteiger partial charge on any atom is -0.326 e. The molecule has 14 heavy (non-hydrogen) atoms. The van der Waals surface area contributed by atoms with Crippen LogP contribution in [0.4, 0.5) is 5.69 Å². The highest BCUT2D eigenvalue weighted by atomic mass is 35.5. The lowest BCUT2D eigenvalue weighted by molar-refractivity contribution is 1.16. The number of hydrogen-bond acceptors (Lipinski definition) is 2. The number of anilines is 1. The van der Waals surface area contributed by atoms with Crippen molar-refractivity contribution in [2.45, 2.75) is 0 Å². The van der Waals surface area contributed by atoms with E-state index in [1.165, 1.54) is 0 Å². The Kier molecular flexibility index (Phi) is 3.75. The Hall–Kier alpha value is -1.75. The van der Waals surface area contributed by atoms with Crippen molar-refractivity contribution < 1.29 is 0 Å². The van der Waals surface area contributed by atoms with Gasteiger partial charge in [-0.2, -0.15) is 0 Å². The van der Waals surface area contributed by atoms with E-state index in [0.717, 1.165) is 5.69 Å². The molecule has 0 amide bonds. The minimum absolute atomic E-state index is 0.0191. The van der Waals surface area contributed by atoms with Gasteiger partial charge in [-0.3, -0.25) is 21.0 Å². The van der Waals surface area contributed by atoms with Crippen molar-refractivity contribution in [1.29, 1.82) is 10.8 Å². The molecule has 6 heteroatoms. The number of benzene rings is 1. The van der Waals surface area contributed by atoms with Crippen LogP contribution >= 0.6 is 11.8 Å². The third-order valence-corrected chi connectivity index (χ3v) is 1.58. The Morgan fingerprint density at radius 1 is 1.07 bits per heavy atom. The molecule has 0 aliphatic rings. The second kappa shape index (κ2) is 5.08. The van der Waals surface area contributed by atoms with E-state index >= 15 is 0 Å². The van der Waals surface area contributed by atoms with Crippen LogP contribution in [0.25, 0.3) is 0 Å².